The lowest BCUT2D eigenvalue weighted by Crippen LogP contribution is -1.89. The van der Waals surface area contributed by atoms with Gasteiger partial charge in [-0.2, -0.15) is 0 Å². The van der Waals surface area contributed by atoms with Crippen LogP contribution in [0.25, 0.3) is 0 Å². The summed E-state index contributed by atoms with van der Waals surface area (Å²) in [6.07, 6.45) is 7.72. The Morgan fingerprint density at radius 1 is 1.38 bits per heavy atom. The fourth-order valence-electron chi connectivity index (χ4n) is 1.33. The van der Waals surface area contributed by atoms with Gasteiger partial charge in [-0.05, 0) is 6.42 Å². The molecule has 0 atom stereocenters. The smallest absolute Gasteiger partial charge is 0.106 e. The highest BCUT2D eigenvalue weighted by atomic mass is 16.3. The topological polar surface area (TPSA) is 48.9 Å². The van der Waals surface area contributed by atoms with Crippen LogP contribution in [0.5, 0.6) is 0 Å². The molecular weight excluding hydrogens is 164 g/mol. The van der Waals surface area contributed by atoms with Crippen molar-refractivity contribution in [1.82, 2.24) is 9.97 Å². The van der Waals surface area contributed by atoms with Crippen molar-refractivity contribution >= 4 is 0 Å². The van der Waals surface area contributed by atoms with Gasteiger partial charge in [0.1, 0.15) is 5.82 Å². The van der Waals surface area contributed by atoms with Crippen LogP contribution in [0, 0.1) is 0 Å². The number of aliphatic hydroxyl groups is 1. The van der Waals surface area contributed by atoms with Crippen LogP contribution >= 0.6 is 0 Å². The molecule has 3 nitrogen and oxygen atoms in total. The maximum atomic E-state index is 8.79. The zero-order valence-corrected chi connectivity index (χ0v) is 8.21. The highest BCUT2D eigenvalue weighted by Gasteiger charge is 1.98. The van der Waals surface area contributed by atoms with Crippen LogP contribution in [0.1, 0.15) is 44.1 Å². The summed E-state index contributed by atoms with van der Waals surface area (Å²) in [5, 5.41) is 8.79. The first-order valence-electron chi connectivity index (χ1n) is 5.00. The number of H-pyrrole nitrogens is 1. The summed E-state index contributed by atoms with van der Waals surface area (Å²) in [6, 6.07) is 0. The number of aromatic nitrogens is 2. The summed E-state index contributed by atoms with van der Waals surface area (Å²) in [4.78, 5) is 7.25. The van der Waals surface area contributed by atoms with Crippen molar-refractivity contribution in [3.05, 3.63) is 17.7 Å². The van der Waals surface area contributed by atoms with Crippen molar-refractivity contribution < 1.29 is 5.11 Å². The monoisotopic (exact) mass is 182 g/mol. The quantitative estimate of drug-likeness (QED) is 0.661. The van der Waals surface area contributed by atoms with Crippen LogP contribution in [-0.4, -0.2) is 15.1 Å². The highest BCUT2D eigenvalue weighted by Crippen LogP contribution is 2.05. The van der Waals surface area contributed by atoms with Gasteiger partial charge in [-0.3, -0.25) is 0 Å². The van der Waals surface area contributed by atoms with Crippen molar-refractivity contribution in [1.29, 1.82) is 0 Å². The number of hydrogen-bond donors (Lipinski definition) is 2. The van der Waals surface area contributed by atoms with E-state index in [4.69, 9.17) is 5.11 Å². The fraction of sp³-hybridized carbons (Fsp3) is 0.700. The molecule has 0 aliphatic carbocycles. The second-order valence-corrected chi connectivity index (χ2v) is 3.32. The van der Waals surface area contributed by atoms with E-state index in [9.17, 15) is 0 Å². The molecule has 0 aliphatic rings. The van der Waals surface area contributed by atoms with Crippen LogP contribution in [0.15, 0.2) is 6.20 Å². The summed E-state index contributed by atoms with van der Waals surface area (Å²) >= 11 is 0. The van der Waals surface area contributed by atoms with Gasteiger partial charge in [0.05, 0.1) is 18.5 Å². The lowest BCUT2D eigenvalue weighted by Gasteiger charge is -1.96. The van der Waals surface area contributed by atoms with Gasteiger partial charge < -0.3 is 10.1 Å². The molecule has 1 aromatic rings. The van der Waals surface area contributed by atoms with E-state index in [1.54, 1.807) is 6.20 Å². The molecule has 74 valence electrons. The Bertz CT molecular complexity index is 233. The molecule has 0 saturated carbocycles. The molecule has 0 radical (unpaired) electrons. The van der Waals surface area contributed by atoms with Crippen molar-refractivity contribution in [2.45, 2.75) is 45.6 Å². The first kappa shape index (κ1) is 10.3. The van der Waals surface area contributed by atoms with Gasteiger partial charge in [-0.25, -0.2) is 4.98 Å². The van der Waals surface area contributed by atoms with Crippen LogP contribution in [0.2, 0.25) is 0 Å². The predicted molar refractivity (Wildman–Crippen MR) is 52.4 cm³/mol. The third-order valence-electron chi connectivity index (χ3n) is 2.12. The van der Waals surface area contributed by atoms with E-state index in [-0.39, 0.29) is 6.61 Å². The Balaban J connectivity index is 2.20. The Kier molecular flexibility index (Phi) is 4.54. The number of aromatic amines is 1. The molecule has 0 aromatic carbocycles. The Morgan fingerprint density at radius 3 is 2.85 bits per heavy atom. The minimum absolute atomic E-state index is 0.0575. The summed E-state index contributed by atoms with van der Waals surface area (Å²) in [7, 11) is 0. The number of aryl methyl sites for hydroxylation is 1. The summed E-state index contributed by atoms with van der Waals surface area (Å²) in [6.45, 7) is 2.26. The molecular formula is C10H18N2O. The van der Waals surface area contributed by atoms with Gasteiger partial charge in [-0.1, -0.05) is 26.2 Å². The van der Waals surface area contributed by atoms with Gasteiger partial charge in [-0.15, -0.1) is 0 Å². The second-order valence-electron chi connectivity index (χ2n) is 3.32. The number of imidazole rings is 1. The zero-order valence-electron chi connectivity index (χ0n) is 8.21. The van der Waals surface area contributed by atoms with Gasteiger partial charge in [0.2, 0.25) is 0 Å². The van der Waals surface area contributed by atoms with Crippen LogP contribution in [0.3, 0.4) is 0 Å². The molecule has 2 N–H and O–H groups in total. The minimum Gasteiger partial charge on any atom is -0.390 e. The number of nitrogens with one attached hydrogen (secondary N) is 1. The third kappa shape index (κ3) is 3.59. The first-order chi connectivity index (χ1) is 6.36. The molecule has 0 bridgehead atoms. The predicted octanol–water partition coefficient (Wildman–Crippen LogP) is 2.02. The second kappa shape index (κ2) is 5.75. The van der Waals surface area contributed by atoms with Gasteiger partial charge in [0.15, 0.2) is 0 Å². The minimum atomic E-state index is 0.0575. The van der Waals surface area contributed by atoms with Gasteiger partial charge in [0, 0.05) is 6.42 Å². The number of unbranched alkanes of at least 4 members (excludes halogenated alkanes) is 3. The van der Waals surface area contributed by atoms with Crippen molar-refractivity contribution in [2.75, 3.05) is 0 Å². The normalized spacial score (nSPS) is 10.6. The van der Waals surface area contributed by atoms with Crippen LogP contribution < -0.4 is 0 Å². The molecule has 0 aliphatic heterocycles. The third-order valence-corrected chi connectivity index (χ3v) is 2.12. The molecule has 0 saturated heterocycles. The van der Waals surface area contributed by atoms with Gasteiger partial charge >= 0.3 is 0 Å². The van der Waals surface area contributed by atoms with E-state index in [0.29, 0.717) is 0 Å². The molecule has 1 heterocycles. The van der Waals surface area contributed by atoms with E-state index in [2.05, 4.69) is 16.9 Å². The average Bonchev–Trinajstić information content (AvgIpc) is 2.60. The molecule has 3 heteroatoms. The summed E-state index contributed by atoms with van der Waals surface area (Å²) in [5.41, 5.74) is 0.811. The van der Waals surface area contributed by atoms with Crippen molar-refractivity contribution in [3.63, 3.8) is 0 Å². The maximum Gasteiger partial charge on any atom is 0.106 e. The molecule has 1 rings (SSSR count). The number of rotatable bonds is 6. The Labute approximate surface area is 79.2 Å². The molecule has 0 amide bonds. The van der Waals surface area contributed by atoms with E-state index in [1.807, 2.05) is 0 Å². The summed E-state index contributed by atoms with van der Waals surface area (Å²) in [5.74, 6) is 1.00. The first-order valence-corrected chi connectivity index (χ1v) is 5.00. The van der Waals surface area contributed by atoms with E-state index in [1.165, 1.54) is 25.7 Å². The number of hydrogen-bond acceptors (Lipinski definition) is 2. The lowest BCUT2D eigenvalue weighted by atomic mass is 10.1. The zero-order chi connectivity index (χ0) is 9.52. The maximum absolute atomic E-state index is 8.79. The Morgan fingerprint density at radius 2 is 2.23 bits per heavy atom. The fourth-order valence-corrected chi connectivity index (χ4v) is 1.33. The van der Waals surface area contributed by atoms with Crippen molar-refractivity contribution in [2.24, 2.45) is 0 Å². The lowest BCUT2D eigenvalue weighted by molar-refractivity contribution is 0.277. The number of nitrogens with zero attached hydrogens (tertiary/aromatic N) is 1. The Hall–Kier alpha value is -0.830. The van der Waals surface area contributed by atoms with Crippen molar-refractivity contribution in [3.8, 4) is 0 Å². The van der Waals surface area contributed by atoms with E-state index < -0.39 is 0 Å². The van der Waals surface area contributed by atoms with Crippen LogP contribution in [0.4, 0.5) is 0 Å². The standard InChI is InChI=1S/C10H18N2O/c1-2-3-4-5-6-10-11-7-9(8-13)12-10/h7,13H,2-6,8H2,1H3,(H,11,12). The van der Waals surface area contributed by atoms with Crippen LogP contribution in [-0.2, 0) is 13.0 Å². The molecule has 0 unspecified atom stereocenters. The molecule has 0 spiro atoms. The number of aliphatic hydroxyl groups excluding tert-OH is 1. The SMILES string of the molecule is CCCCCCc1ncc(CO)[nH]1. The average molecular weight is 182 g/mol. The highest BCUT2D eigenvalue weighted by molar-refractivity contribution is 4.99. The van der Waals surface area contributed by atoms with E-state index >= 15 is 0 Å². The molecule has 1 aromatic heterocycles. The molecule has 13 heavy (non-hydrogen) atoms. The van der Waals surface area contributed by atoms with Gasteiger partial charge in [0.25, 0.3) is 0 Å². The van der Waals surface area contributed by atoms with E-state index in [0.717, 1.165) is 17.9 Å². The molecule has 0 fully saturated rings. The summed E-state index contributed by atoms with van der Waals surface area (Å²) < 4.78 is 0. The largest absolute Gasteiger partial charge is 0.390 e.